The summed E-state index contributed by atoms with van der Waals surface area (Å²) < 4.78 is 28.9. The average Bonchev–Trinajstić information content (AvgIpc) is 2.94. The molecule has 0 aliphatic rings. The van der Waals surface area contributed by atoms with Crippen LogP contribution >= 0.6 is 11.6 Å². The maximum atomic E-state index is 14.0. The Bertz CT molecular complexity index is 1350. The number of anilines is 1. The molecule has 0 spiro atoms. The summed E-state index contributed by atoms with van der Waals surface area (Å²) in [6.07, 6.45) is 2.12. The molecule has 9 heteroatoms. The first kappa shape index (κ1) is 30.2. The molecule has 0 fully saturated rings. The number of sulfonamides is 1. The Kier molecular flexibility index (Phi) is 10.9. The minimum Gasteiger partial charge on any atom is -0.354 e. The first-order chi connectivity index (χ1) is 18.7. The number of rotatable bonds is 13. The number of halogens is 1. The molecular formula is C30H36ClN3O4S. The minimum atomic E-state index is -4.14. The van der Waals surface area contributed by atoms with E-state index >= 15 is 0 Å². The van der Waals surface area contributed by atoms with E-state index in [9.17, 15) is 18.0 Å². The SMILES string of the molecule is CCCCNC(=O)C(CC)N(Cc1ccccc1)C(=O)CN(c1cc(Cl)ccc1C)S(=O)(=O)c1ccccc1. The van der Waals surface area contributed by atoms with Crippen LogP contribution < -0.4 is 9.62 Å². The predicted octanol–water partition coefficient (Wildman–Crippen LogP) is 5.57. The molecule has 1 N–H and O–H groups in total. The van der Waals surface area contributed by atoms with Gasteiger partial charge in [-0.2, -0.15) is 0 Å². The van der Waals surface area contributed by atoms with Gasteiger partial charge in [0.25, 0.3) is 10.0 Å². The Morgan fingerprint density at radius 3 is 2.21 bits per heavy atom. The number of hydrogen-bond acceptors (Lipinski definition) is 4. The molecule has 0 saturated heterocycles. The second kappa shape index (κ2) is 14.1. The van der Waals surface area contributed by atoms with Crippen LogP contribution in [0.4, 0.5) is 5.69 Å². The largest absolute Gasteiger partial charge is 0.354 e. The van der Waals surface area contributed by atoms with Gasteiger partial charge in [0.05, 0.1) is 10.6 Å². The van der Waals surface area contributed by atoms with E-state index in [0.29, 0.717) is 29.2 Å². The average molecular weight is 570 g/mol. The summed E-state index contributed by atoms with van der Waals surface area (Å²) in [5.74, 6) is -0.748. The van der Waals surface area contributed by atoms with Gasteiger partial charge in [0, 0.05) is 18.1 Å². The van der Waals surface area contributed by atoms with Crippen LogP contribution in [0, 0.1) is 6.92 Å². The van der Waals surface area contributed by atoms with Crippen LogP contribution in [0.1, 0.15) is 44.2 Å². The highest BCUT2D eigenvalue weighted by molar-refractivity contribution is 7.92. The molecule has 0 radical (unpaired) electrons. The van der Waals surface area contributed by atoms with Crippen LogP contribution in [0.5, 0.6) is 0 Å². The molecular weight excluding hydrogens is 534 g/mol. The van der Waals surface area contributed by atoms with Crippen molar-refractivity contribution in [3.8, 4) is 0 Å². The van der Waals surface area contributed by atoms with Gasteiger partial charge in [-0.05, 0) is 55.2 Å². The summed E-state index contributed by atoms with van der Waals surface area (Å²) in [5, 5.41) is 3.28. The predicted molar refractivity (Wildman–Crippen MR) is 156 cm³/mol. The smallest absolute Gasteiger partial charge is 0.264 e. The molecule has 39 heavy (non-hydrogen) atoms. The van der Waals surface area contributed by atoms with Gasteiger partial charge in [0.2, 0.25) is 11.8 Å². The Morgan fingerprint density at radius 2 is 1.59 bits per heavy atom. The van der Waals surface area contributed by atoms with Gasteiger partial charge in [-0.25, -0.2) is 8.42 Å². The fourth-order valence-electron chi connectivity index (χ4n) is 4.29. The number of amides is 2. The lowest BCUT2D eigenvalue weighted by molar-refractivity contribution is -0.140. The molecule has 0 bridgehead atoms. The van der Waals surface area contributed by atoms with E-state index in [1.54, 1.807) is 43.3 Å². The Balaban J connectivity index is 2.05. The van der Waals surface area contributed by atoms with E-state index < -0.39 is 28.5 Å². The van der Waals surface area contributed by atoms with Crippen molar-refractivity contribution in [3.63, 3.8) is 0 Å². The molecule has 0 aliphatic heterocycles. The summed E-state index contributed by atoms with van der Waals surface area (Å²) in [4.78, 5) is 28.8. The molecule has 3 aromatic carbocycles. The van der Waals surface area contributed by atoms with Gasteiger partial charge < -0.3 is 10.2 Å². The summed E-state index contributed by atoms with van der Waals surface area (Å²) in [5.41, 5.74) is 1.78. The van der Waals surface area contributed by atoms with E-state index in [0.717, 1.165) is 22.7 Å². The fraction of sp³-hybridized carbons (Fsp3) is 0.333. The molecule has 1 atom stereocenters. The van der Waals surface area contributed by atoms with Crippen molar-refractivity contribution in [2.45, 2.75) is 57.5 Å². The summed E-state index contributed by atoms with van der Waals surface area (Å²) >= 11 is 6.27. The zero-order chi connectivity index (χ0) is 28.4. The van der Waals surface area contributed by atoms with Crippen molar-refractivity contribution in [2.75, 3.05) is 17.4 Å². The maximum Gasteiger partial charge on any atom is 0.264 e. The topological polar surface area (TPSA) is 86.8 Å². The Labute approximate surface area is 236 Å². The van der Waals surface area contributed by atoms with Crippen LogP contribution in [-0.2, 0) is 26.2 Å². The van der Waals surface area contributed by atoms with Gasteiger partial charge in [0.15, 0.2) is 0 Å². The van der Waals surface area contributed by atoms with E-state index in [-0.39, 0.29) is 17.3 Å². The second-order valence-electron chi connectivity index (χ2n) is 9.33. The zero-order valence-electron chi connectivity index (χ0n) is 22.6. The van der Waals surface area contributed by atoms with Crippen molar-refractivity contribution in [1.29, 1.82) is 0 Å². The third-order valence-electron chi connectivity index (χ3n) is 6.46. The number of nitrogens with one attached hydrogen (secondary N) is 1. The molecule has 0 aliphatic carbocycles. The van der Waals surface area contributed by atoms with Crippen LogP contribution in [0.15, 0.2) is 83.8 Å². The third kappa shape index (κ3) is 7.83. The van der Waals surface area contributed by atoms with E-state index in [1.807, 2.05) is 44.2 Å². The number of carbonyl (C=O) groups is 2. The van der Waals surface area contributed by atoms with Crippen molar-refractivity contribution in [2.24, 2.45) is 0 Å². The number of carbonyl (C=O) groups excluding carboxylic acids is 2. The Morgan fingerprint density at radius 1 is 0.949 bits per heavy atom. The van der Waals surface area contributed by atoms with Gasteiger partial charge in [-0.15, -0.1) is 0 Å². The summed E-state index contributed by atoms with van der Waals surface area (Å²) in [6, 6.07) is 21.5. The first-order valence-electron chi connectivity index (χ1n) is 13.1. The molecule has 7 nitrogen and oxygen atoms in total. The molecule has 0 heterocycles. The van der Waals surface area contributed by atoms with Crippen LogP contribution in [-0.4, -0.2) is 44.3 Å². The van der Waals surface area contributed by atoms with E-state index in [2.05, 4.69) is 5.32 Å². The molecule has 2 amide bonds. The lowest BCUT2D eigenvalue weighted by Crippen LogP contribution is -2.52. The Hall–Kier alpha value is -3.36. The van der Waals surface area contributed by atoms with Crippen molar-refractivity contribution < 1.29 is 18.0 Å². The van der Waals surface area contributed by atoms with Crippen molar-refractivity contribution in [3.05, 3.63) is 95.0 Å². The van der Waals surface area contributed by atoms with Crippen LogP contribution in [0.3, 0.4) is 0 Å². The van der Waals surface area contributed by atoms with Gasteiger partial charge >= 0.3 is 0 Å². The van der Waals surface area contributed by atoms with E-state index in [1.165, 1.54) is 17.0 Å². The third-order valence-corrected chi connectivity index (χ3v) is 8.47. The quantitative estimate of drug-likeness (QED) is 0.273. The number of nitrogens with zero attached hydrogens (tertiary/aromatic N) is 2. The first-order valence-corrected chi connectivity index (χ1v) is 15.0. The number of unbranched alkanes of at least 4 members (excludes halogenated alkanes) is 1. The summed E-state index contributed by atoms with van der Waals surface area (Å²) in [6.45, 7) is 5.82. The van der Waals surface area contributed by atoms with E-state index in [4.69, 9.17) is 11.6 Å². The van der Waals surface area contributed by atoms with Gasteiger partial charge in [-0.1, -0.05) is 86.5 Å². The summed E-state index contributed by atoms with van der Waals surface area (Å²) in [7, 11) is -4.14. The van der Waals surface area contributed by atoms with Gasteiger partial charge in [0.1, 0.15) is 12.6 Å². The van der Waals surface area contributed by atoms with Crippen LogP contribution in [0.2, 0.25) is 5.02 Å². The minimum absolute atomic E-state index is 0.0520. The highest BCUT2D eigenvalue weighted by Gasteiger charge is 2.34. The lowest BCUT2D eigenvalue weighted by Gasteiger charge is -2.33. The second-order valence-corrected chi connectivity index (χ2v) is 11.6. The number of aryl methyl sites for hydroxylation is 1. The van der Waals surface area contributed by atoms with Gasteiger partial charge in [-0.3, -0.25) is 13.9 Å². The monoisotopic (exact) mass is 569 g/mol. The zero-order valence-corrected chi connectivity index (χ0v) is 24.2. The van der Waals surface area contributed by atoms with Crippen molar-refractivity contribution in [1.82, 2.24) is 10.2 Å². The number of benzene rings is 3. The fourth-order valence-corrected chi connectivity index (χ4v) is 5.95. The number of hydrogen-bond donors (Lipinski definition) is 1. The molecule has 208 valence electrons. The molecule has 3 rings (SSSR count). The highest BCUT2D eigenvalue weighted by Crippen LogP contribution is 2.30. The molecule has 0 aromatic heterocycles. The molecule has 1 unspecified atom stereocenters. The normalized spacial score (nSPS) is 12.0. The lowest BCUT2D eigenvalue weighted by atomic mass is 10.1. The standard InChI is InChI=1S/C30H36ClN3O4S/c1-4-6-19-32-30(36)27(5-2)33(21-24-13-9-7-10-14-24)29(35)22-34(28-20-25(31)18-17-23(28)3)39(37,38)26-15-11-8-12-16-26/h7-18,20,27H,4-6,19,21-22H2,1-3H3,(H,32,36). The van der Waals surface area contributed by atoms with Crippen molar-refractivity contribution >= 4 is 39.1 Å². The maximum absolute atomic E-state index is 14.0. The highest BCUT2D eigenvalue weighted by atomic mass is 35.5. The molecule has 3 aromatic rings. The molecule has 0 saturated carbocycles. The van der Waals surface area contributed by atoms with Crippen LogP contribution in [0.25, 0.3) is 0 Å².